The molecule has 0 saturated carbocycles. The average Bonchev–Trinajstić information content (AvgIpc) is 3.54. The Kier molecular flexibility index (Phi) is 7.74. The molecule has 3 aliphatic rings. The minimum atomic E-state index is -3.61. The molecule has 1 aromatic heterocycles. The number of nitrogens with zero attached hydrogens (tertiary/aromatic N) is 6. The van der Waals surface area contributed by atoms with Gasteiger partial charge >= 0.3 is 0 Å². The molecule has 0 amide bonds. The molecule has 2 aromatic rings. The van der Waals surface area contributed by atoms with Gasteiger partial charge in [-0.15, -0.1) is 0 Å². The maximum atomic E-state index is 13.4. The fourth-order valence-electron chi connectivity index (χ4n) is 5.05. The number of carbonyl (C=O) groups is 1. The predicted octanol–water partition coefficient (Wildman–Crippen LogP) is 2.04. The largest absolute Gasteiger partial charge is 0.483 e. The first kappa shape index (κ1) is 25.2. The smallest absolute Gasteiger partial charge is 0.290 e. The number of nitriles is 1. The van der Waals surface area contributed by atoms with Crippen molar-refractivity contribution < 1.29 is 18.3 Å². The minimum Gasteiger partial charge on any atom is -0.483 e. The van der Waals surface area contributed by atoms with Crippen molar-refractivity contribution in [3.05, 3.63) is 41.2 Å². The van der Waals surface area contributed by atoms with Gasteiger partial charge in [-0.25, -0.2) is 18.4 Å². The van der Waals surface area contributed by atoms with Gasteiger partial charge in [0.05, 0.1) is 15.2 Å². The van der Waals surface area contributed by atoms with Crippen LogP contribution >= 0.6 is 11.6 Å². The molecular weight excluding hydrogens is 492 g/mol. The Hall–Kier alpha value is -2.94. The zero-order valence-electron chi connectivity index (χ0n) is 19.1. The van der Waals surface area contributed by atoms with Crippen LogP contribution in [0.15, 0.2) is 35.4 Å². The Morgan fingerprint density at radius 3 is 2.66 bits per heavy atom. The number of rotatable bonds is 4. The highest BCUT2D eigenvalue weighted by atomic mass is 35.5. The summed E-state index contributed by atoms with van der Waals surface area (Å²) >= 11 is 6.53. The molecule has 12 heteroatoms. The van der Waals surface area contributed by atoms with Gasteiger partial charge in [0, 0.05) is 50.6 Å². The number of aromatic nitrogens is 2. The molecular formula is C23H27ClN6O4S. The number of halogens is 1. The van der Waals surface area contributed by atoms with E-state index in [1.54, 1.807) is 12.1 Å². The lowest BCUT2D eigenvalue weighted by Crippen LogP contribution is -2.50. The maximum Gasteiger partial charge on any atom is 0.290 e. The van der Waals surface area contributed by atoms with Gasteiger partial charge in [0.2, 0.25) is 5.95 Å². The van der Waals surface area contributed by atoms with Crippen molar-refractivity contribution in [2.24, 2.45) is 0 Å². The summed E-state index contributed by atoms with van der Waals surface area (Å²) in [5.41, 5.74) is 1.24. The molecule has 2 atom stereocenters. The molecule has 186 valence electrons. The van der Waals surface area contributed by atoms with Crippen LogP contribution in [0.25, 0.3) is 0 Å². The van der Waals surface area contributed by atoms with Crippen LogP contribution in [-0.2, 0) is 14.6 Å². The standard InChI is InChI=1S/C22H25ClN6O2S.CH2O2/c23-20-12-17(28-11-10-27-8-1-2-18(27)14-28)3-4-21(20)32(30,31)19-6-9-29(15-19)22-25-7-5-16(13-24)26-22;2-1-3/h3-5,7,12,18-19H,1-2,6,8-11,14-15H2;1H,(H,2,3)/t18-,19-;/m0./s1. The van der Waals surface area contributed by atoms with Crippen LogP contribution in [0.5, 0.6) is 0 Å². The summed E-state index contributed by atoms with van der Waals surface area (Å²) in [5, 5.41) is 15.6. The number of sulfone groups is 1. The fraction of sp³-hybridized carbons (Fsp3) is 0.478. The third-order valence-electron chi connectivity index (χ3n) is 6.80. The van der Waals surface area contributed by atoms with Crippen molar-refractivity contribution in [3.8, 4) is 6.07 Å². The molecule has 0 radical (unpaired) electrons. The van der Waals surface area contributed by atoms with E-state index in [2.05, 4.69) is 19.8 Å². The minimum absolute atomic E-state index is 0.181. The number of hydrogen-bond donors (Lipinski definition) is 1. The molecule has 1 aromatic carbocycles. The zero-order valence-corrected chi connectivity index (χ0v) is 20.7. The highest BCUT2D eigenvalue weighted by Crippen LogP contribution is 2.34. The Labute approximate surface area is 209 Å². The maximum absolute atomic E-state index is 13.4. The number of benzene rings is 1. The van der Waals surface area contributed by atoms with Crippen molar-refractivity contribution in [2.75, 3.05) is 49.1 Å². The topological polar surface area (TPSA) is 131 Å². The van der Waals surface area contributed by atoms with Gasteiger partial charge in [0.1, 0.15) is 11.8 Å². The van der Waals surface area contributed by atoms with E-state index < -0.39 is 15.1 Å². The van der Waals surface area contributed by atoms with Crippen molar-refractivity contribution in [1.29, 1.82) is 5.26 Å². The molecule has 0 spiro atoms. The quantitative estimate of drug-likeness (QED) is 0.600. The molecule has 0 aliphatic carbocycles. The van der Waals surface area contributed by atoms with Crippen molar-refractivity contribution in [3.63, 3.8) is 0 Å². The molecule has 3 aliphatic heterocycles. The van der Waals surface area contributed by atoms with Crippen LogP contribution in [0, 0.1) is 11.3 Å². The SMILES string of the molecule is N#Cc1ccnc(N2CC[C@H](S(=O)(=O)c3ccc(N4CCN5CCC[C@H]5C4)cc3Cl)C2)n1.O=CO. The van der Waals surface area contributed by atoms with E-state index in [1.807, 2.05) is 17.0 Å². The van der Waals surface area contributed by atoms with Crippen molar-refractivity contribution >= 4 is 39.5 Å². The van der Waals surface area contributed by atoms with E-state index in [0.29, 0.717) is 25.0 Å². The summed E-state index contributed by atoms with van der Waals surface area (Å²) < 4.78 is 26.7. The molecule has 3 fully saturated rings. The van der Waals surface area contributed by atoms with Gasteiger partial charge in [0.15, 0.2) is 9.84 Å². The van der Waals surface area contributed by atoms with E-state index in [1.165, 1.54) is 31.6 Å². The van der Waals surface area contributed by atoms with Crippen LogP contribution in [0.2, 0.25) is 5.02 Å². The Morgan fingerprint density at radius 1 is 1.11 bits per heavy atom. The fourth-order valence-corrected chi connectivity index (χ4v) is 7.29. The van der Waals surface area contributed by atoms with Crippen LogP contribution in [0.1, 0.15) is 25.0 Å². The summed E-state index contributed by atoms with van der Waals surface area (Å²) in [6, 6.07) is 9.44. The molecule has 0 unspecified atom stereocenters. The first-order chi connectivity index (χ1) is 16.9. The number of fused-ring (bicyclic) bond motifs is 1. The first-order valence-electron chi connectivity index (χ1n) is 11.5. The lowest BCUT2D eigenvalue weighted by Gasteiger charge is -2.39. The monoisotopic (exact) mass is 518 g/mol. The van der Waals surface area contributed by atoms with Crippen LogP contribution in [-0.4, -0.2) is 85.4 Å². The average molecular weight is 519 g/mol. The Morgan fingerprint density at radius 2 is 1.91 bits per heavy atom. The lowest BCUT2D eigenvalue weighted by atomic mass is 10.1. The van der Waals surface area contributed by atoms with E-state index in [0.717, 1.165) is 25.3 Å². The summed E-state index contributed by atoms with van der Waals surface area (Å²) in [7, 11) is -3.61. The molecule has 1 N–H and O–H groups in total. The van der Waals surface area contributed by atoms with Gasteiger partial charge in [-0.2, -0.15) is 5.26 Å². The van der Waals surface area contributed by atoms with Crippen molar-refractivity contribution in [1.82, 2.24) is 14.9 Å². The normalized spacial score (nSPS) is 22.2. The van der Waals surface area contributed by atoms with Gasteiger partial charge in [-0.3, -0.25) is 9.69 Å². The second-order valence-corrected chi connectivity index (χ2v) is 11.4. The van der Waals surface area contributed by atoms with Crippen LogP contribution in [0.3, 0.4) is 0 Å². The lowest BCUT2D eigenvalue weighted by molar-refractivity contribution is -0.122. The van der Waals surface area contributed by atoms with E-state index in [4.69, 9.17) is 26.8 Å². The Bertz CT molecular complexity index is 1220. The number of carboxylic acid groups (broad SMARTS) is 1. The molecule has 10 nitrogen and oxygen atoms in total. The molecule has 0 bridgehead atoms. The molecule has 5 rings (SSSR count). The highest BCUT2D eigenvalue weighted by molar-refractivity contribution is 7.92. The van der Waals surface area contributed by atoms with Gasteiger partial charge in [-0.05, 0) is 50.1 Å². The third-order valence-corrected chi connectivity index (χ3v) is 9.45. The highest BCUT2D eigenvalue weighted by Gasteiger charge is 2.37. The second kappa shape index (κ2) is 10.8. The Balaban J connectivity index is 0.000000917. The summed E-state index contributed by atoms with van der Waals surface area (Å²) in [5.74, 6) is 0.384. The zero-order chi connectivity index (χ0) is 25.0. The summed E-state index contributed by atoms with van der Waals surface area (Å²) in [6.07, 6.45) is 4.45. The predicted molar refractivity (Wildman–Crippen MR) is 132 cm³/mol. The number of anilines is 2. The van der Waals surface area contributed by atoms with E-state index >= 15 is 0 Å². The van der Waals surface area contributed by atoms with Gasteiger partial charge < -0.3 is 14.9 Å². The van der Waals surface area contributed by atoms with Gasteiger partial charge in [-0.1, -0.05) is 11.6 Å². The molecule has 4 heterocycles. The second-order valence-electron chi connectivity index (χ2n) is 8.75. The van der Waals surface area contributed by atoms with E-state index in [9.17, 15) is 8.42 Å². The summed E-state index contributed by atoms with van der Waals surface area (Å²) in [4.78, 5) is 23.6. The third kappa shape index (κ3) is 5.34. The molecule has 35 heavy (non-hydrogen) atoms. The van der Waals surface area contributed by atoms with Crippen LogP contribution in [0.4, 0.5) is 11.6 Å². The summed E-state index contributed by atoms with van der Waals surface area (Å²) in [6.45, 7) is 4.65. The molecule has 3 saturated heterocycles. The van der Waals surface area contributed by atoms with E-state index in [-0.39, 0.29) is 28.6 Å². The first-order valence-corrected chi connectivity index (χ1v) is 13.4. The number of piperazine rings is 1. The van der Waals surface area contributed by atoms with Gasteiger partial charge in [0.25, 0.3) is 6.47 Å². The number of hydrogen-bond acceptors (Lipinski definition) is 9. The van der Waals surface area contributed by atoms with Crippen molar-refractivity contribution in [2.45, 2.75) is 35.4 Å². The van der Waals surface area contributed by atoms with Crippen LogP contribution < -0.4 is 9.80 Å².